The minimum atomic E-state index is -2.08. The normalized spacial score (nSPS) is 44.1. The summed E-state index contributed by atoms with van der Waals surface area (Å²) in [6, 6.07) is 0. The molecular formula is C9H15NO7. The van der Waals surface area contributed by atoms with Crippen LogP contribution in [0.5, 0.6) is 0 Å². The summed E-state index contributed by atoms with van der Waals surface area (Å²) in [5, 5.41) is 48.2. The highest BCUT2D eigenvalue weighted by Gasteiger charge is 2.55. The number of hydrogen-bond acceptors (Lipinski definition) is 7. The summed E-state index contributed by atoms with van der Waals surface area (Å²) in [6.45, 7) is 2.61. The first-order valence-electron chi connectivity index (χ1n) is 4.89. The third kappa shape index (κ3) is 2.53. The van der Waals surface area contributed by atoms with Crippen LogP contribution in [0.25, 0.3) is 0 Å². The number of hydroxylamine groups is 2. The van der Waals surface area contributed by atoms with Crippen LogP contribution in [-0.2, 0) is 9.53 Å². The first kappa shape index (κ1) is 14.2. The molecular weight excluding hydrogens is 234 g/mol. The zero-order valence-electron chi connectivity index (χ0n) is 8.89. The fourth-order valence-corrected chi connectivity index (χ4v) is 1.64. The number of ether oxygens (including phenoxy) is 1. The predicted octanol–water partition coefficient (Wildman–Crippen LogP) is -4.12. The first-order valence-corrected chi connectivity index (χ1v) is 4.89. The minimum absolute atomic E-state index is 0.122. The Labute approximate surface area is 96.9 Å². The molecule has 4 unspecified atom stereocenters. The van der Waals surface area contributed by atoms with Crippen LogP contribution >= 0.6 is 0 Å². The molecule has 17 heavy (non-hydrogen) atoms. The Morgan fingerprint density at radius 1 is 1.35 bits per heavy atom. The lowest BCUT2D eigenvalue weighted by Crippen LogP contribution is -3.06. The Bertz CT molecular complexity index is 299. The van der Waals surface area contributed by atoms with Crippen molar-refractivity contribution in [2.75, 3.05) is 6.54 Å². The van der Waals surface area contributed by atoms with Gasteiger partial charge < -0.3 is 35.4 Å². The average Bonchev–Trinajstić information content (AvgIpc) is 2.33. The number of carbonyl (C=O) groups is 1. The van der Waals surface area contributed by atoms with Crippen LogP contribution in [0.2, 0.25) is 0 Å². The number of rotatable bonds is 4. The van der Waals surface area contributed by atoms with Gasteiger partial charge >= 0.3 is 0 Å². The highest BCUT2D eigenvalue weighted by molar-refractivity contribution is 5.64. The molecule has 0 radical (unpaired) electrons. The fraction of sp³-hybridized carbons (Fsp3) is 0.667. The highest BCUT2D eigenvalue weighted by atomic mass is 16.6. The Morgan fingerprint density at radius 2 is 1.94 bits per heavy atom. The van der Waals surface area contributed by atoms with E-state index in [4.69, 9.17) is 4.74 Å². The first-order chi connectivity index (χ1) is 7.88. The second-order valence-electron chi connectivity index (χ2n) is 3.85. The van der Waals surface area contributed by atoms with Crippen LogP contribution < -0.4 is 5.06 Å². The van der Waals surface area contributed by atoms with Crippen LogP contribution in [0.3, 0.4) is 0 Å². The van der Waals surface area contributed by atoms with Gasteiger partial charge in [-0.05, 0) is 6.58 Å². The van der Waals surface area contributed by atoms with Crippen LogP contribution in [-0.4, -0.2) is 63.5 Å². The van der Waals surface area contributed by atoms with Gasteiger partial charge in [0.05, 0.1) is 6.20 Å². The van der Waals surface area contributed by atoms with Gasteiger partial charge in [0, 0.05) is 0 Å². The molecule has 5 N–H and O–H groups in total. The molecule has 0 amide bonds. The van der Waals surface area contributed by atoms with Crippen LogP contribution in [0.4, 0.5) is 0 Å². The number of aldehydes is 1. The maximum absolute atomic E-state index is 11.2. The van der Waals surface area contributed by atoms with Crippen molar-refractivity contribution in [1.82, 2.24) is 0 Å². The molecule has 1 rings (SSSR count). The summed E-state index contributed by atoms with van der Waals surface area (Å²) >= 11 is 0. The molecule has 0 aliphatic carbocycles. The number of aliphatic hydroxyl groups excluding tert-OH is 4. The molecule has 8 nitrogen and oxygen atoms in total. The van der Waals surface area contributed by atoms with Crippen molar-refractivity contribution in [2.45, 2.75) is 30.2 Å². The number of quaternary nitrogens is 1. The SMILES string of the molecule is C=C[NH+]([O-])CC1(C=O)O[C@H](O)C(O)C(O)[C@@H]1O. The summed E-state index contributed by atoms with van der Waals surface area (Å²) in [4.78, 5) is 11.0. The molecule has 98 valence electrons. The molecule has 6 atom stereocenters. The van der Waals surface area contributed by atoms with E-state index in [0.29, 0.717) is 0 Å². The Kier molecular flexibility index (Phi) is 4.33. The summed E-state index contributed by atoms with van der Waals surface area (Å²) in [6.07, 6.45) is -6.18. The zero-order valence-corrected chi connectivity index (χ0v) is 8.89. The molecule has 0 aromatic carbocycles. The van der Waals surface area contributed by atoms with Crippen LogP contribution in [0, 0.1) is 5.21 Å². The van der Waals surface area contributed by atoms with E-state index in [2.05, 4.69) is 6.58 Å². The number of aliphatic hydroxyl groups is 4. The van der Waals surface area contributed by atoms with Crippen molar-refractivity contribution in [3.05, 3.63) is 18.0 Å². The van der Waals surface area contributed by atoms with Crippen LogP contribution in [0.1, 0.15) is 0 Å². The molecule has 1 saturated heterocycles. The van der Waals surface area contributed by atoms with Gasteiger partial charge in [-0.25, -0.2) is 0 Å². The Hall–Kier alpha value is -0.870. The quantitative estimate of drug-likeness (QED) is 0.252. The number of hydrogen-bond donors (Lipinski definition) is 5. The lowest BCUT2D eigenvalue weighted by Gasteiger charge is -2.44. The molecule has 0 saturated carbocycles. The maximum Gasteiger partial charge on any atom is 0.203 e. The smallest absolute Gasteiger partial charge is 0.203 e. The van der Waals surface area contributed by atoms with Gasteiger partial charge in [0.15, 0.2) is 12.6 Å². The summed E-state index contributed by atoms with van der Waals surface area (Å²) in [5.41, 5.74) is -2.08. The van der Waals surface area contributed by atoms with Crippen molar-refractivity contribution in [1.29, 1.82) is 0 Å². The zero-order chi connectivity index (χ0) is 13.2. The molecule has 0 aromatic heterocycles. The highest BCUT2D eigenvalue weighted by Crippen LogP contribution is 2.26. The van der Waals surface area contributed by atoms with Gasteiger partial charge in [0.25, 0.3) is 0 Å². The van der Waals surface area contributed by atoms with Gasteiger partial charge in [0.2, 0.25) is 5.60 Å². The average molecular weight is 249 g/mol. The van der Waals surface area contributed by atoms with Crippen molar-refractivity contribution in [2.24, 2.45) is 0 Å². The lowest BCUT2D eigenvalue weighted by atomic mass is 9.87. The van der Waals surface area contributed by atoms with E-state index < -0.39 is 41.8 Å². The minimum Gasteiger partial charge on any atom is -0.629 e. The summed E-state index contributed by atoms with van der Waals surface area (Å²) < 4.78 is 4.75. The molecule has 1 heterocycles. The fourth-order valence-electron chi connectivity index (χ4n) is 1.64. The monoisotopic (exact) mass is 249 g/mol. The van der Waals surface area contributed by atoms with E-state index in [1.807, 2.05) is 0 Å². The van der Waals surface area contributed by atoms with E-state index in [-0.39, 0.29) is 6.29 Å². The van der Waals surface area contributed by atoms with E-state index >= 15 is 0 Å². The molecule has 0 spiro atoms. The Balaban J connectivity index is 2.97. The third-order valence-corrected chi connectivity index (χ3v) is 2.68. The van der Waals surface area contributed by atoms with E-state index in [1.165, 1.54) is 0 Å². The lowest BCUT2D eigenvalue weighted by molar-refractivity contribution is -0.800. The molecule has 8 heteroatoms. The number of nitrogens with one attached hydrogen (secondary N) is 1. The second-order valence-corrected chi connectivity index (χ2v) is 3.85. The maximum atomic E-state index is 11.2. The molecule has 1 aliphatic heterocycles. The van der Waals surface area contributed by atoms with Gasteiger partial charge in [-0.15, -0.1) is 0 Å². The van der Waals surface area contributed by atoms with Crippen molar-refractivity contribution in [3.63, 3.8) is 0 Å². The van der Waals surface area contributed by atoms with Crippen molar-refractivity contribution < 1.29 is 35.0 Å². The summed E-state index contributed by atoms with van der Waals surface area (Å²) in [7, 11) is 0. The second kappa shape index (κ2) is 5.19. The Morgan fingerprint density at radius 3 is 2.41 bits per heavy atom. The van der Waals surface area contributed by atoms with Gasteiger partial charge in [0.1, 0.15) is 24.9 Å². The van der Waals surface area contributed by atoms with Crippen molar-refractivity contribution >= 4 is 6.29 Å². The molecule has 1 fully saturated rings. The van der Waals surface area contributed by atoms with E-state index in [9.17, 15) is 30.4 Å². The molecule has 1 aliphatic rings. The topological polar surface area (TPSA) is 135 Å². The number of carbonyl (C=O) groups excluding carboxylic acids is 1. The largest absolute Gasteiger partial charge is 0.629 e. The van der Waals surface area contributed by atoms with Crippen molar-refractivity contribution in [3.8, 4) is 0 Å². The van der Waals surface area contributed by atoms with Gasteiger partial charge in [-0.2, -0.15) is 0 Å². The third-order valence-electron chi connectivity index (χ3n) is 2.68. The summed E-state index contributed by atoms with van der Waals surface area (Å²) in [5.74, 6) is 0. The predicted molar refractivity (Wildman–Crippen MR) is 53.3 cm³/mol. The van der Waals surface area contributed by atoms with E-state index in [0.717, 1.165) is 6.20 Å². The standard InChI is InChI=1S/C9H15NO7/c1-2-10(16)3-9(4-11)7(14)5(12)6(13)8(15)17-9/h2,4-8,10,12-15H,1,3H2/t5?,6?,7-,8-,9?/m0/s1. The van der Waals surface area contributed by atoms with Crippen LogP contribution in [0.15, 0.2) is 12.8 Å². The molecule has 0 aromatic rings. The van der Waals surface area contributed by atoms with Gasteiger partial charge in [-0.1, -0.05) is 0 Å². The van der Waals surface area contributed by atoms with E-state index in [1.54, 1.807) is 0 Å². The van der Waals surface area contributed by atoms with Gasteiger partial charge in [-0.3, -0.25) is 4.79 Å². The molecule has 0 bridgehead atoms.